The summed E-state index contributed by atoms with van der Waals surface area (Å²) in [5, 5.41) is 2.56. The van der Waals surface area contributed by atoms with Gasteiger partial charge < -0.3 is 20.4 Å². The molecule has 1 heterocycles. The summed E-state index contributed by atoms with van der Waals surface area (Å²) in [6.07, 6.45) is -1.62. The van der Waals surface area contributed by atoms with Crippen molar-refractivity contribution in [3.8, 4) is 11.4 Å². The Morgan fingerprint density at radius 1 is 1.23 bits per heavy atom. The molecule has 0 fully saturated rings. The maximum atomic E-state index is 14.4. The first-order valence-electron chi connectivity index (χ1n) is 8.43. The minimum absolute atomic E-state index is 0. The summed E-state index contributed by atoms with van der Waals surface area (Å²) < 4.78 is 57.4. The summed E-state index contributed by atoms with van der Waals surface area (Å²) in [6.45, 7) is 1.78. The number of ether oxygens (including phenoxy) is 1. The number of rotatable bonds is 5. The Morgan fingerprint density at radius 3 is 2.60 bits per heavy atom. The second kappa shape index (κ2) is 9.78. The zero-order chi connectivity index (χ0) is 21.0. The topological polar surface area (TPSA) is 77.5 Å². The van der Waals surface area contributed by atoms with E-state index in [4.69, 9.17) is 5.73 Å². The number of nitrogens with two attached hydrogens (primary N) is 1. The van der Waals surface area contributed by atoms with E-state index in [9.17, 15) is 17.6 Å². The van der Waals surface area contributed by atoms with Crippen LogP contribution in [-0.4, -0.2) is 21.9 Å². The number of para-hydroxylation sites is 2. The lowest BCUT2D eigenvalue weighted by molar-refractivity contribution is -0.274. The minimum atomic E-state index is -4.84. The lowest BCUT2D eigenvalue weighted by Gasteiger charge is -2.14. The van der Waals surface area contributed by atoms with Crippen LogP contribution < -0.4 is 15.8 Å². The molecule has 0 spiro atoms. The van der Waals surface area contributed by atoms with E-state index < -0.39 is 17.9 Å². The fraction of sp³-hybridized carbons (Fsp3) is 0.158. The van der Waals surface area contributed by atoms with E-state index in [1.807, 2.05) is 0 Å². The van der Waals surface area contributed by atoms with Gasteiger partial charge in [0, 0.05) is 12.4 Å². The van der Waals surface area contributed by atoms with Crippen molar-refractivity contribution < 1.29 is 22.3 Å². The van der Waals surface area contributed by atoms with E-state index in [2.05, 4.69) is 20.0 Å². The molecule has 11 heteroatoms. The Bertz CT molecular complexity index is 1040. The van der Waals surface area contributed by atoms with Crippen LogP contribution in [0.4, 0.5) is 23.2 Å². The summed E-state index contributed by atoms with van der Waals surface area (Å²) in [5.41, 5.74) is 6.63. The largest absolute Gasteiger partial charge is 0.573 e. The highest BCUT2D eigenvalue weighted by Gasteiger charge is 2.32. The molecule has 0 amide bonds. The monoisotopic (exact) mass is 535 g/mol. The molecule has 3 rings (SSSR count). The van der Waals surface area contributed by atoms with E-state index in [-0.39, 0.29) is 42.2 Å². The van der Waals surface area contributed by atoms with E-state index in [1.54, 1.807) is 36.0 Å². The van der Waals surface area contributed by atoms with Gasteiger partial charge in [-0.25, -0.2) is 14.4 Å². The molecule has 0 unspecified atom stereocenters. The number of aliphatic imine (C=N–C) groups is 1. The Hall–Kier alpha value is -2.83. The molecule has 0 aliphatic heterocycles. The Kier molecular flexibility index (Phi) is 7.65. The third-order valence-corrected chi connectivity index (χ3v) is 3.90. The number of imidazole rings is 1. The Labute approximate surface area is 186 Å². The van der Waals surface area contributed by atoms with Gasteiger partial charge in [0.15, 0.2) is 11.7 Å². The van der Waals surface area contributed by atoms with Crippen molar-refractivity contribution in [2.24, 2.45) is 10.7 Å². The van der Waals surface area contributed by atoms with Crippen LogP contribution in [0, 0.1) is 12.7 Å². The van der Waals surface area contributed by atoms with E-state index in [1.165, 1.54) is 24.3 Å². The summed E-state index contributed by atoms with van der Waals surface area (Å²) in [5.74, 6) is -0.403. The normalized spacial score (nSPS) is 11.7. The van der Waals surface area contributed by atoms with Gasteiger partial charge in [0.05, 0.1) is 17.9 Å². The zero-order valence-corrected chi connectivity index (χ0v) is 18.0. The molecule has 6 nitrogen and oxygen atoms in total. The van der Waals surface area contributed by atoms with Crippen LogP contribution in [0.3, 0.4) is 0 Å². The first kappa shape index (κ1) is 23.4. The third kappa shape index (κ3) is 6.08. The lowest BCUT2D eigenvalue weighted by Crippen LogP contribution is -2.24. The van der Waals surface area contributed by atoms with Gasteiger partial charge in [0.1, 0.15) is 11.6 Å². The number of aromatic nitrogens is 2. The number of hydrogen-bond donors (Lipinski definition) is 2. The van der Waals surface area contributed by atoms with Crippen LogP contribution in [0.25, 0.3) is 5.69 Å². The molecular weight excluding hydrogens is 517 g/mol. The number of halogens is 5. The highest BCUT2D eigenvalue weighted by atomic mass is 127. The molecule has 0 atom stereocenters. The summed E-state index contributed by atoms with van der Waals surface area (Å²) in [7, 11) is 0. The van der Waals surface area contributed by atoms with Gasteiger partial charge >= 0.3 is 6.36 Å². The van der Waals surface area contributed by atoms with Crippen molar-refractivity contribution in [3.63, 3.8) is 0 Å². The lowest BCUT2D eigenvalue weighted by atomic mass is 10.2. The molecule has 2 aromatic carbocycles. The predicted molar refractivity (Wildman–Crippen MR) is 116 cm³/mol. The molecule has 1 aromatic heterocycles. The first-order chi connectivity index (χ1) is 13.7. The molecule has 0 saturated carbocycles. The second-order valence-electron chi connectivity index (χ2n) is 6.00. The number of aryl methyl sites for hydroxylation is 1. The van der Waals surface area contributed by atoms with Crippen molar-refractivity contribution in [2.45, 2.75) is 19.8 Å². The zero-order valence-electron chi connectivity index (χ0n) is 15.7. The number of alkyl halides is 3. The molecule has 0 bridgehead atoms. The first-order valence-corrected chi connectivity index (χ1v) is 8.43. The second-order valence-corrected chi connectivity index (χ2v) is 6.00. The van der Waals surface area contributed by atoms with Crippen molar-refractivity contribution in [1.82, 2.24) is 9.55 Å². The predicted octanol–water partition coefficient (Wildman–Crippen LogP) is 4.76. The maximum Gasteiger partial charge on any atom is 0.573 e. The highest BCUT2D eigenvalue weighted by Crippen LogP contribution is 2.29. The average Bonchev–Trinajstić information content (AvgIpc) is 3.06. The van der Waals surface area contributed by atoms with Crippen molar-refractivity contribution in [2.75, 3.05) is 5.32 Å². The molecule has 0 aliphatic carbocycles. The maximum absolute atomic E-state index is 14.4. The number of benzene rings is 2. The summed E-state index contributed by atoms with van der Waals surface area (Å²) >= 11 is 0. The van der Waals surface area contributed by atoms with Crippen LogP contribution in [-0.2, 0) is 6.54 Å². The van der Waals surface area contributed by atoms with Crippen molar-refractivity contribution >= 4 is 35.6 Å². The molecule has 30 heavy (non-hydrogen) atoms. The molecule has 0 saturated heterocycles. The van der Waals surface area contributed by atoms with Gasteiger partial charge in [-0.15, -0.1) is 37.1 Å². The van der Waals surface area contributed by atoms with Crippen LogP contribution in [0.2, 0.25) is 0 Å². The van der Waals surface area contributed by atoms with Gasteiger partial charge in [-0.3, -0.25) is 0 Å². The SMILES string of the molecule is Cc1nccn1-c1ccc(CN=C(N)Nc2ccccc2OC(F)(F)F)cc1F.I. The molecule has 0 radical (unpaired) electrons. The molecule has 0 aliphatic rings. The van der Waals surface area contributed by atoms with Gasteiger partial charge in [0.25, 0.3) is 0 Å². The highest BCUT2D eigenvalue weighted by molar-refractivity contribution is 14.0. The Balaban J connectivity index is 0.00000320. The van der Waals surface area contributed by atoms with E-state index >= 15 is 0 Å². The van der Waals surface area contributed by atoms with Crippen molar-refractivity contribution in [3.05, 3.63) is 72.1 Å². The fourth-order valence-electron chi connectivity index (χ4n) is 2.61. The van der Waals surface area contributed by atoms with Gasteiger partial charge in [0.2, 0.25) is 0 Å². The summed E-state index contributed by atoms with van der Waals surface area (Å²) in [4.78, 5) is 8.09. The number of guanidine groups is 1. The van der Waals surface area contributed by atoms with Gasteiger partial charge in [-0.05, 0) is 36.8 Å². The third-order valence-electron chi connectivity index (χ3n) is 3.90. The summed E-state index contributed by atoms with van der Waals surface area (Å²) in [6, 6.07) is 10.0. The van der Waals surface area contributed by atoms with Crippen LogP contribution in [0.15, 0.2) is 59.9 Å². The van der Waals surface area contributed by atoms with Crippen LogP contribution in [0.1, 0.15) is 11.4 Å². The standard InChI is InChI=1S/C19H17F4N5O.HI/c1-12-25-8-9-28(12)16-7-6-13(10-14(16)20)11-26-18(24)27-15-4-2-3-5-17(15)29-19(21,22)23;/h2-10H,11H2,1H3,(H3,24,26,27);1H. The number of nitrogens with zero attached hydrogens (tertiary/aromatic N) is 3. The van der Waals surface area contributed by atoms with Crippen LogP contribution in [0.5, 0.6) is 5.75 Å². The Morgan fingerprint density at radius 2 is 1.97 bits per heavy atom. The van der Waals surface area contributed by atoms with Gasteiger partial charge in [-0.2, -0.15) is 0 Å². The number of anilines is 1. The van der Waals surface area contributed by atoms with Crippen LogP contribution >= 0.6 is 24.0 Å². The van der Waals surface area contributed by atoms with Gasteiger partial charge in [-0.1, -0.05) is 18.2 Å². The quantitative estimate of drug-likeness (QED) is 0.214. The van der Waals surface area contributed by atoms with Crippen molar-refractivity contribution in [1.29, 1.82) is 0 Å². The fourth-order valence-corrected chi connectivity index (χ4v) is 2.61. The molecular formula is C19H18F4IN5O. The molecule has 3 aromatic rings. The minimum Gasteiger partial charge on any atom is -0.404 e. The number of nitrogens with one attached hydrogen (secondary N) is 1. The molecule has 3 N–H and O–H groups in total. The average molecular weight is 535 g/mol. The molecule has 160 valence electrons. The number of hydrogen-bond acceptors (Lipinski definition) is 3. The smallest absolute Gasteiger partial charge is 0.404 e. The van der Waals surface area contributed by atoms with E-state index in [0.29, 0.717) is 17.1 Å². The van der Waals surface area contributed by atoms with E-state index in [0.717, 1.165) is 6.07 Å².